The largest absolute Gasteiger partial charge is 0.412 e. The SMILES string of the molecule is O.O.O.[Ac].[Ac].[Ac].[Mn]. The summed E-state index contributed by atoms with van der Waals surface area (Å²) in [6.07, 6.45) is 0. The van der Waals surface area contributed by atoms with Crippen molar-refractivity contribution in [2.75, 3.05) is 0 Å². The van der Waals surface area contributed by atoms with Crippen molar-refractivity contribution in [3.8, 4) is 0 Å². The van der Waals surface area contributed by atoms with Crippen LogP contribution in [0.25, 0.3) is 0 Å². The molecule has 0 saturated heterocycles. The third-order valence-electron chi connectivity index (χ3n) is 0. The maximum Gasteiger partial charge on any atom is 0 e. The first-order valence-electron chi connectivity index (χ1n) is 0. The van der Waals surface area contributed by atoms with Gasteiger partial charge in [0.2, 0.25) is 0 Å². The van der Waals surface area contributed by atoms with Gasteiger partial charge in [0.25, 0.3) is 0 Å². The minimum Gasteiger partial charge on any atom is -0.412 e. The van der Waals surface area contributed by atoms with E-state index in [1.54, 1.807) is 0 Å². The molecule has 0 rings (SSSR count). The standard InChI is InChI=1S/3Ac.Mn.3H2O/h;;;;3*1H2. The molecule has 0 aliphatic carbocycles. The molecule has 0 aromatic rings. The zero-order valence-electron chi connectivity index (χ0n) is 3.61. The van der Waals surface area contributed by atoms with Gasteiger partial charge in [-0.1, -0.05) is 0 Å². The predicted octanol–water partition coefficient (Wildman–Crippen LogP) is -2.48. The molecule has 0 aromatic heterocycles. The van der Waals surface area contributed by atoms with Crippen LogP contribution in [-0.2, 0) is 17.1 Å². The average molecular weight is 790 g/mol. The van der Waals surface area contributed by atoms with Gasteiger partial charge in [-0.05, 0) is 0 Å². The van der Waals surface area contributed by atoms with E-state index in [4.69, 9.17) is 0 Å². The van der Waals surface area contributed by atoms with Crippen LogP contribution < -0.4 is 0 Å². The molecule has 0 saturated carbocycles. The van der Waals surface area contributed by atoms with Crippen LogP contribution in [0.15, 0.2) is 0 Å². The van der Waals surface area contributed by atoms with E-state index < -0.39 is 0 Å². The van der Waals surface area contributed by atoms with Crippen molar-refractivity contribution < 1.29 is 166 Å². The minimum atomic E-state index is 0. The van der Waals surface area contributed by atoms with Crippen LogP contribution in [0.4, 0.5) is 0 Å². The Morgan fingerprint density at radius 2 is 0.429 bits per heavy atom. The van der Waals surface area contributed by atoms with E-state index in [1.165, 1.54) is 0 Å². The summed E-state index contributed by atoms with van der Waals surface area (Å²) < 4.78 is 0. The fraction of sp³-hybridized carbons (Fsp3) is 0. The molecule has 7 heteroatoms. The summed E-state index contributed by atoms with van der Waals surface area (Å²) in [5.41, 5.74) is 0. The fourth-order valence-electron chi connectivity index (χ4n) is 0. The van der Waals surface area contributed by atoms with Crippen LogP contribution in [0, 0.1) is 132 Å². The van der Waals surface area contributed by atoms with E-state index in [9.17, 15) is 0 Å². The zero-order valence-corrected chi connectivity index (χ0v) is 19.0. The second-order valence-corrected chi connectivity index (χ2v) is 0. The van der Waals surface area contributed by atoms with E-state index in [0.717, 1.165) is 0 Å². The second-order valence-electron chi connectivity index (χ2n) is 0. The van der Waals surface area contributed by atoms with Gasteiger partial charge in [-0.15, -0.1) is 0 Å². The van der Waals surface area contributed by atoms with E-state index in [2.05, 4.69) is 0 Å². The molecule has 0 amide bonds. The summed E-state index contributed by atoms with van der Waals surface area (Å²) in [7, 11) is 0. The Labute approximate surface area is 161 Å². The summed E-state index contributed by atoms with van der Waals surface area (Å²) in [6, 6.07) is 0. The number of hydrogen-bond donors (Lipinski definition) is 0. The molecular weight excluding hydrogens is 784 g/mol. The van der Waals surface area contributed by atoms with Gasteiger partial charge in [0.15, 0.2) is 0 Å². The van der Waals surface area contributed by atoms with Gasteiger partial charge in [-0.3, -0.25) is 0 Å². The van der Waals surface area contributed by atoms with E-state index in [-0.39, 0.29) is 166 Å². The van der Waals surface area contributed by atoms with E-state index in [0.29, 0.717) is 0 Å². The van der Waals surface area contributed by atoms with Gasteiger partial charge >= 0.3 is 0 Å². The molecule has 0 spiro atoms. The van der Waals surface area contributed by atoms with Crippen molar-refractivity contribution in [1.29, 1.82) is 0 Å². The summed E-state index contributed by atoms with van der Waals surface area (Å²) >= 11 is 0. The van der Waals surface area contributed by atoms with Gasteiger partial charge in [0, 0.05) is 149 Å². The van der Waals surface area contributed by atoms with Crippen LogP contribution in [0.3, 0.4) is 0 Å². The van der Waals surface area contributed by atoms with Crippen LogP contribution in [-0.4, -0.2) is 16.4 Å². The van der Waals surface area contributed by atoms with Crippen molar-refractivity contribution >= 4 is 0 Å². The quantitative estimate of drug-likeness (QED) is 0.244. The normalized spacial score (nSPS) is 0. The second kappa shape index (κ2) is 45.4. The molecule has 0 heterocycles. The Hall–Kier alpha value is 4.72. The van der Waals surface area contributed by atoms with Crippen LogP contribution in [0.5, 0.6) is 0 Å². The summed E-state index contributed by atoms with van der Waals surface area (Å²) in [4.78, 5) is 0. The molecule has 6 N–H and O–H groups in total. The first-order chi connectivity index (χ1) is 0. The number of hydrogen-bond acceptors (Lipinski definition) is 0. The Balaban J connectivity index is 0. The number of rotatable bonds is 0. The third-order valence-corrected chi connectivity index (χ3v) is 0. The minimum absolute atomic E-state index is 0. The molecule has 0 bridgehead atoms. The average Bonchev–Trinajstić information content (AvgIpc) is 0. The topological polar surface area (TPSA) is 94.5 Å². The molecular formula is H6Ac3MnO3. The molecule has 0 unspecified atom stereocenters. The summed E-state index contributed by atoms with van der Waals surface area (Å²) in [5.74, 6) is 0. The van der Waals surface area contributed by atoms with Crippen LogP contribution >= 0.6 is 0 Å². The van der Waals surface area contributed by atoms with Crippen LogP contribution in [0.2, 0.25) is 0 Å². The molecule has 7 heavy (non-hydrogen) atoms. The molecule has 0 aromatic carbocycles. The Bertz CT molecular complexity index is 10.1. The first-order valence-corrected chi connectivity index (χ1v) is 0. The zero-order chi connectivity index (χ0) is 0. The van der Waals surface area contributed by atoms with Crippen molar-refractivity contribution in [1.82, 2.24) is 0 Å². The van der Waals surface area contributed by atoms with Crippen LogP contribution in [0.1, 0.15) is 0 Å². The maximum absolute atomic E-state index is 0. The molecule has 0 aliphatic heterocycles. The Morgan fingerprint density at radius 1 is 0.429 bits per heavy atom. The van der Waals surface area contributed by atoms with Gasteiger partial charge < -0.3 is 16.4 Å². The fourth-order valence-corrected chi connectivity index (χ4v) is 0. The Kier molecular flexibility index (Phi) is 392. The summed E-state index contributed by atoms with van der Waals surface area (Å²) in [5, 5.41) is 0. The molecule has 0 aliphatic rings. The van der Waals surface area contributed by atoms with E-state index >= 15 is 0 Å². The van der Waals surface area contributed by atoms with E-state index in [1.807, 2.05) is 0 Å². The smallest absolute Gasteiger partial charge is 0 e. The van der Waals surface area contributed by atoms with Gasteiger partial charge in [0.05, 0.1) is 0 Å². The predicted molar refractivity (Wildman–Crippen MR) is 10.8 cm³/mol. The van der Waals surface area contributed by atoms with Crippen molar-refractivity contribution in [2.24, 2.45) is 0 Å². The third kappa shape index (κ3) is 36.6. The molecule has 0 atom stereocenters. The maximum atomic E-state index is 0. The van der Waals surface area contributed by atoms with Gasteiger partial charge in [0.1, 0.15) is 0 Å². The van der Waals surface area contributed by atoms with Gasteiger partial charge in [-0.25, -0.2) is 0 Å². The molecule has 4 radical (unpaired) electrons. The van der Waals surface area contributed by atoms with Crippen molar-refractivity contribution in [2.45, 2.75) is 0 Å². The van der Waals surface area contributed by atoms with Gasteiger partial charge in [-0.2, -0.15) is 0 Å². The first kappa shape index (κ1) is 60.4. The molecule has 3 nitrogen and oxygen atoms in total. The monoisotopic (exact) mass is 790 g/mol. The van der Waals surface area contributed by atoms with Crippen molar-refractivity contribution in [3.05, 3.63) is 0 Å². The molecule has 0 fully saturated rings. The molecule has 40 valence electrons. The Morgan fingerprint density at radius 3 is 0.429 bits per heavy atom. The van der Waals surface area contributed by atoms with Crippen molar-refractivity contribution in [3.63, 3.8) is 0 Å². The summed E-state index contributed by atoms with van der Waals surface area (Å²) in [6.45, 7) is 0.